The van der Waals surface area contributed by atoms with Crippen LogP contribution in [-0.4, -0.2) is 33.9 Å². The SMILES string of the molecule is Cc1cc(C)nc(N2CCC(C(=O)Nc3ncccc3C)CC2)n1. The third-order valence-electron chi connectivity index (χ3n) is 4.37. The third-order valence-corrected chi connectivity index (χ3v) is 4.37. The van der Waals surface area contributed by atoms with Gasteiger partial charge in [0, 0.05) is 36.6 Å². The summed E-state index contributed by atoms with van der Waals surface area (Å²) in [5.74, 6) is 1.49. The molecule has 24 heavy (non-hydrogen) atoms. The first kappa shape index (κ1) is 16.4. The minimum atomic E-state index is 0.00793. The molecule has 6 nitrogen and oxygen atoms in total. The molecular formula is C18H23N5O. The number of nitrogens with zero attached hydrogens (tertiary/aromatic N) is 4. The Hall–Kier alpha value is -2.50. The Morgan fingerprint density at radius 2 is 1.83 bits per heavy atom. The van der Waals surface area contributed by atoms with Gasteiger partial charge in [0.05, 0.1) is 0 Å². The molecular weight excluding hydrogens is 302 g/mol. The maximum absolute atomic E-state index is 12.5. The molecule has 2 aromatic heterocycles. The van der Waals surface area contributed by atoms with Crippen LogP contribution in [0.15, 0.2) is 24.4 Å². The Morgan fingerprint density at radius 1 is 1.17 bits per heavy atom. The van der Waals surface area contributed by atoms with Crippen LogP contribution in [0.1, 0.15) is 29.8 Å². The van der Waals surface area contributed by atoms with Gasteiger partial charge in [-0.1, -0.05) is 6.07 Å². The second-order valence-corrected chi connectivity index (χ2v) is 6.37. The summed E-state index contributed by atoms with van der Waals surface area (Å²) in [6.07, 6.45) is 3.30. The average Bonchev–Trinajstić information content (AvgIpc) is 2.56. The molecule has 1 fully saturated rings. The van der Waals surface area contributed by atoms with Crippen molar-refractivity contribution in [1.82, 2.24) is 15.0 Å². The van der Waals surface area contributed by atoms with Crippen molar-refractivity contribution in [2.75, 3.05) is 23.3 Å². The van der Waals surface area contributed by atoms with Crippen LogP contribution in [0.5, 0.6) is 0 Å². The lowest BCUT2D eigenvalue weighted by Gasteiger charge is -2.31. The molecule has 0 saturated carbocycles. The predicted octanol–water partition coefficient (Wildman–Crippen LogP) is 2.65. The first-order chi connectivity index (χ1) is 11.5. The van der Waals surface area contributed by atoms with E-state index in [-0.39, 0.29) is 11.8 Å². The van der Waals surface area contributed by atoms with Gasteiger partial charge in [-0.2, -0.15) is 0 Å². The highest BCUT2D eigenvalue weighted by Crippen LogP contribution is 2.23. The number of pyridine rings is 1. The predicted molar refractivity (Wildman–Crippen MR) is 94.0 cm³/mol. The number of piperidine rings is 1. The van der Waals surface area contributed by atoms with Crippen molar-refractivity contribution in [1.29, 1.82) is 0 Å². The van der Waals surface area contributed by atoms with E-state index in [1.165, 1.54) is 0 Å². The Kier molecular flexibility index (Phi) is 4.74. The van der Waals surface area contributed by atoms with Gasteiger partial charge in [-0.05, 0) is 51.3 Å². The second kappa shape index (κ2) is 6.95. The largest absolute Gasteiger partial charge is 0.341 e. The highest BCUT2D eigenvalue weighted by atomic mass is 16.1. The van der Waals surface area contributed by atoms with Gasteiger partial charge >= 0.3 is 0 Å². The number of carbonyl (C=O) groups excluding carboxylic acids is 1. The normalized spacial score (nSPS) is 15.4. The second-order valence-electron chi connectivity index (χ2n) is 6.37. The molecule has 1 N–H and O–H groups in total. The van der Waals surface area contributed by atoms with Crippen LogP contribution in [-0.2, 0) is 4.79 Å². The van der Waals surface area contributed by atoms with Crippen LogP contribution < -0.4 is 10.2 Å². The zero-order valence-electron chi connectivity index (χ0n) is 14.4. The van der Waals surface area contributed by atoms with E-state index in [0.29, 0.717) is 5.82 Å². The quantitative estimate of drug-likeness (QED) is 0.939. The number of aryl methyl sites for hydroxylation is 3. The highest BCUT2D eigenvalue weighted by Gasteiger charge is 2.26. The van der Waals surface area contributed by atoms with Gasteiger partial charge in [-0.15, -0.1) is 0 Å². The van der Waals surface area contributed by atoms with E-state index in [1.54, 1.807) is 6.20 Å². The molecule has 2 aromatic rings. The molecule has 1 amide bonds. The minimum Gasteiger partial charge on any atom is -0.341 e. The highest BCUT2D eigenvalue weighted by molar-refractivity contribution is 5.92. The van der Waals surface area contributed by atoms with Gasteiger partial charge in [0.2, 0.25) is 11.9 Å². The molecule has 0 atom stereocenters. The molecule has 3 heterocycles. The molecule has 0 radical (unpaired) electrons. The number of hydrogen-bond acceptors (Lipinski definition) is 5. The van der Waals surface area contributed by atoms with Gasteiger partial charge in [-0.25, -0.2) is 15.0 Å². The number of carbonyl (C=O) groups is 1. The Morgan fingerprint density at radius 3 is 2.46 bits per heavy atom. The first-order valence-corrected chi connectivity index (χ1v) is 8.32. The van der Waals surface area contributed by atoms with Crippen LogP contribution in [0, 0.1) is 26.7 Å². The first-order valence-electron chi connectivity index (χ1n) is 8.32. The molecule has 6 heteroatoms. The Bertz CT molecular complexity index is 718. The Balaban J connectivity index is 1.60. The average molecular weight is 325 g/mol. The fourth-order valence-corrected chi connectivity index (χ4v) is 3.03. The monoisotopic (exact) mass is 325 g/mol. The summed E-state index contributed by atoms with van der Waals surface area (Å²) >= 11 is 0. The van der Waals surface area contributed by atoms with Gasteiger partial charge in [0.1, 0.15) is 5.82 Å². The summed E-state index contributed by atoms with van der Waals surface area (Å²) in [5, 5.41) is 2.95. The van der Waals surface area contributed by atoms with E-state index >= 15 is 0 Å². The summed E-state index contributed by atoms with van der Waals surface area (Å²) < 4.78 is 0. The van der Waals surface area contributed by atoms with Crippen molar-refractivity contribution in [2.24, 2.45) is 5.92 Å². The van der Waals surface area contributed by atoms with E-state index in [9.17, 15) is 4.79 Å². The van der Waals surface area contributed by atoms with Gasteiger partial charge in [-0.3, -0.25) is 4.79 Å². The van der Waals surface area contributed by atoms with Gasteiger partial charge in [0.15, 0.2) is 0 Å². The van der Waals surface area contributed by atoms with Crippen LogP contribution in [0.3, 0.4) is 0 Å². The van der Waals surface area contributed by atoms with Crippen LogP contribution in [0.2, 0.25) is 0 Å². The number of anilines is 2. The smallest absolute Gasteiger partial charge is 0.228 e. The molecule has 3 rings (SSSR count). The van der Waals surface area contributed by atoms with Crippen molar-refractivity contribution >= 4 is 17.7 Å². The molecule has 1 aliphatic heterocycles. The van der Waals surface area contributed by atoms with Crippen molar-refractivity contribution in [3.05, 3.63) is 41.3 Å². The standard InChI is InChI=1S/C18H23N5O/c1-12-5-4-8-19-16(12)22-17(24)15-6-9-23(10-7-15)18-20-13(2)11-14(3)21-18/h4-5,8,11,15H,6-7,9-10H2,1-3H3,(H,19,22,24). The molecule has 1 aliphatic rings. The number of nitrogens with one attached hydrogen (secondary N) is 1. The van der Waals surface area contributed by atoms with Crippen molar-refractivity contribution in [2.45, 2.75) is 33.6 Å². The number of aromatic nitrogens is 3. The van der Waals surface area contributed by atoms with Gasteiger partial charge in [0.25, 0.3) is 0 Å². The minimum absolute atomic E-state index is 0.00793. The van der Waals surface area contributed by atoms with Crippen molar-refractivity contribution < 1.29 is 4.79 Å². The lowest BCUT2D eigenvalue weighted by atomic mass is 9.96. The van der Waals surface area contributed by atoms with E-state index in [2.05, 4.69) is 25.2 Å². The van der Waals surface area contributed by atoms with Crippen LogP contribution >= 0.6 is 0 Å². The lowest BCUT2D eigenvalue weighted by Crippen LogP contribution is -2.39. The van der Waals surface area contributed by atoms with Gasteiger partial charge < -0.3 is 10.2 Å². The summed E-state index contributed by atoms with van der Waals surface area (Å²) in [6.45, 7) is 7.49. The fourth-order valence-electron chi connectivity index (χ4n) is 3.03. The molecule has 126 valence electrons. The van der Waals surface area contributed by atoms with Crippen LogP contribution in [0.25, 0.3) is 0 Å². The molecule has 1 saturated heterocycles. The molecule has 0 aromatic carbocycles. The summed E-state index contributed by atoms with van der Waals surface area (Å²) in [7, 11) is 0. The molecule has 0 bridgehead atoms. The summed E-state index contributed by atoms with van der Waals surface area (Å²) in [5.41, 5.74) is 2.93. The number of hydrogen-bond donors (Lipinski definition) is 1. The molecule has 0 spiro atoms. The molecule has 0 aliphatic carbocycles. The maximum Gasteiger partial charge on any atom is 0.228 e. The lowest BCUT2D eigenvalue weighted by molar-refractivity contribution is -0.120. The zero-order chi connectivity index (χ0) is 17.1. The van der Waals surface area contributed by atoms with Crippen LogP contribution in [0.4, 0.5) is 11.8 Å². The zero-order valence-corrected chi connectivity index (χ0v) is 14.4. The van der Waals surface area contributed by atoms with Crippen molar-refractivity contribution in [3.8, 4) is 0 Å². The van der Waals surface area contributed by atoms with E-state index in [0.717, 1.165) is 48.8 Å². The van der Waals surface area contributed by atoms with E-state index in [4.69, 9.17) is 0 Å². The third kappa shape index (κ3) is 3.69. The van der Waals surface area contributed by atoms with E-state index in [1.807, 2.05) is 39.0 Å². The Labute approximate surface area is 142 Å². The fraction of sp³-hybridized carbons (Fsp3) is 0.444. The van der Waals surface area contributed by atoms with Crippen molar-refractivity contribution in [3.63, 3.8) is 0 Å². The number of amides is 1. The van der Waals surface area contributed by atoms with E-state index < -0.39 is 0 Å². The molecule has 0 unspecified atom stereocenters. The number of rotatable bonds is 3. The summed E-state index contributed by atoms with van der Waals surface area (Å²) in [4.78, 5) is 27.9. The maximum atomic E-state index is 12.5. The summed E-state index contributed by atoms with van der Waals surface area (Å²) in [6, 6.07) is 5.79. The topological polar surface area (TPSA) is 71.0 Å².